The topological polar surface area (TPSA) is 728 Å². The van der Waals surface area contributed by atoms with Crippen LogP contribution in [-0.4, -0.2) is 269 Å². The van der Waals surface area contributed by atoms with E-state index in [1.165, 1.54) is 0 Å². The van der Waals surface area contributed by atoms with Gasteiger partial charge in [-0.3, -0.25) is 0 Å². The van der Waals surface area contributed by atoms with Gasteiger partial charge in [0.1, 0.15) is 0 Å². The van der Waals surface area contributed by atoms with Crippen LogP contribution in [0.2, 0.25) is 0 Å². The van der Waals surface area contributed by atoms with Crippen molar-refractivity contribution in [3.05, 3.63) is 0 Å². The molecule has 36 nitrogen and oxygen atoms in total. The molecule has 0 aromatic carbocycles. The summed E-state index contributed by atoms with van der Waals surface area (Å²) in [5.41, 5.74) is 0. The van der Waals surface area contributed by atoms with Crippen molar-refractivity contribution in [1.82, 2.24) is 0 Å². The molecule has 292 valence electrons. The Morgan fingerprint density at radius 2 is 0.120 bits per heavy atom. The Balaban J connectivity index is -0.0000000193. The fourth-order valence-electron chi connectivity index (χ4n) is 0. The zero-order valence-electron chi connectivity index (χ0n) is 27.0. The summed E-state index contributed by atoms with van der Waals surface area (Å²) < 4.78 is 0. The summed E-state index contributed by atoms with van der Waals surface area (Å²) in [5.74, 6) is 0. The summed E-state index contributed by atoms with van der Waals surface area (Å²) in [7, 11) is -26.0. The van der Waals surface area contributed by atoms with Crippen LogP contribution in [-0.2, 0) is 0 Å². The maximum atomic E-state index is 7.17. The molecule has 0 radical (unpaired) electrons. The van der Waals surface area contributed by atoms with Gasteiger partial charge in [0.2, 0.25) is 0 Å². The van der Waals surface area contributed by atoms with Crippen LogP contribution in [0.4, 0.5) is 0 Å². The first-order valence-corrected chi connectivity index (χ1v) is 9.30. The van der Waals surface area contributed by atoms with Gasteiger partial charge in [0.15, 0.2) is 0 Å². The van der Waals surface area contributed by atoms with Crippen LogP contribution in [0.3, 0.4) is 0 Å². The molecule has 50 heavy (non-hydrogen) atoms. The van der Waals surface area contributed by atoms with Gasteiger partial charge in [0.25, 0.3) is 0 Å². The van der Waals surface area contributed by atoms with E-state index in [1.54, 1.807) is 0 Å². The Hall–Kier alpha value is 0.534. The maximum Gasteiger partial charge on any atom is 1.00 e. The Morgan fingerprint density at radius 1 is 0.120 bits per heavy atom. The summed E-state index contributed by atoms with van der Waals surface area (Å²) in [6, 6.07) is 0. The predicted molar refractivity (Wildman–Crippen MR) is 151 cm³/mol. The zero-order chi connectivity index (χ0) is 42.9. The van der Waals surface area contributed by atoms with Crippen molar-refractivity contribution in [3.63, 3.8) is 0 Å². The molecule has 0 fully saturated rings. The van der Waals surface area contributed by atoms with Crippen molar-refractivity contribution in [2.45, 2.75) is 0 Å². The van der Waals surface area contributed by atoms with Crippen LogP contribution in [0.5, 0.6) is 0 Å². The largest absolute Gasteiger partial charge is 1.00 e. The smallest absolute Gasteiger partial charge is 1.00 e. The van der Waals surface area contributed by atoms with E-state index in [0.717, 1.165) is 0 Å². The first-order valence-electron chi connectivity index (χ1n) is 9.30. The molecule has 0 rings (SSSR count). The normalized spacial score (nSPS) is 6.48. The Labute approximate surface area is 309 Å². The average Bonchev–Trinajstić information content (AvgIpc) is 2.61. The molecule has 50 heteroatoms. The van der Waals surface area contributed by atoms with Crippen molar-refractivity contribution >= 4 is 87.9 Å². The maximum absolute atomic E-state index is 7.17. The number of hydrogen-bond donors (Lipinski definition) is 36. The van der Waals surface area contributed by atoms with Crippen LogP contribution in [0.25, 0.3) is 0 Å². The first kappa shape index (κ1) is 92.9. The van der Waals surface area contributed by atoms with E-state index >= 15 is 0 Å². The van der Waals surface area contributed by atoms with Crippen molar-refractivity contribution in [2.24, 2.45) is 0 Å². The predicted octanol–water partition coefficient (Wildman–Crippen LogP) is -30.4. The zero-order valence-corrected chi connectivity index (χ0v) is 25.0. The molecule has 36 N–H and O–H groups in total. The van der Waals surface area contributed by atoms with Gasteiger partial charge in [0, 0.05) is 0 Å². The number of hydrogen-bond acceptors (Lipinski definition) is 36. The van der Waals surface area contributed by atoms with E-state index in [9.17, 15) is 0 Å². The van der Waals surface area contributed by atoms with Gasteiger partial charge in [-0.2, -0.15) is 0 Å². The molecule has 0 aliphatic carbocycles. The second-order valence-electron chi connectivity index (χ2n) is 4.16. The molecule has 0 aliphatic rings. The van der Waals surface area contributed by atoms with Crippen LogP contribution >= 0.6 is 0 Å². The molecule has 0 bridgehead atoms. The molecule has 0 aliphatic heterocycles. The minimum atomic E-state index is -2.17. The standard InChI is InChI=1S/12BH3O3.2Li.2H/c12*2-1(3)4;;;;/h12*2-4H;;;;/q;;;;;;;;;;;;2*+1;2*-1. The SMILES string of the molecule is OB(O)O.OB(O)O.OB(O)O.OB(O)O.OB(O)O.OB(O)O.OB(O)O.OB(O)O.OB(O)O.OB(O)O.OB(O)O.OB(O)O.[H-].[H-].[Li+].[Li+]. The Kier molecular flexibility index (Phi) is 162. The third-order valence-electron chi connectivity index (χ3n) is 0. The van der Waals surface area contributed by atoms with E-state index < -0.39 is 87.9 Å². The van der Waals surface area contributed by atoms with Gasteiger partial charge in [-0.25, -0.2) is 0 Å². The average molecular weight is 758 g/mol. The molecule has 0 atom stereocenters. The molecule has 0 saturated heterocycles. The molecule has 0 amide bonds. The van der Waals surface area contributed by atoms with Gasteiger partial charge >= 0.3 is 126 Å². The minimum Gasteiger partial charge on any atom is -1.00 e. The van der Waals surface area contributed by atoms with Gasteiger partial charge in [0.05, 0.1) is 0 Å². The van der Waals surface area contributed by atoms with Crippen molar-refractivity contribution in [3.8, 4) is 0 Å². The van der Waals surface area contributed by atoms with Crippen molar-refractivity contribution < 1.29 is 221 Å². The summed E-state index contributed by atoms with van der Waals surface area (Å²) in [5, 5.41) is 258. The summed E-state index contributed by atoms with van der Waals surface area (Å²) >= 11 is 0. The third kappa shape index (κ3) is 385000. The second-order valence-corrected chi connectivity index (χ2v) is 4.16. The quantitative estimate of drug-likeness (QED) is 0.102. The van der Waals surface area contributed by atoms with Crippen LogP contribution in [0.1, 0.15) is 2.85 Å². The van der Waals surface area contributed by atoms with E-state index in [1.807, 2.05) is 0 Å². The molecule has 0 aromatic rings. The van der Waals surface area contributed by atoms with E-state index in [2.05, 4.69) is 0 Å². The molecular formula is H38B12Li2O36. The van der Waals surface area contributed by atoms with E-state index in [-0.39, 0.29) is 40.6 Å². The molecular weight excluding hydrogens is 720 g/mol. The van der Waals surface area contributed by atoms with E-state index in [4.69, 9.17) is 181 Å². The monoisotopic (exact) mass is 760 g/mol. The number of rotatable bonds is 0. The fourth-order valence-corrected chi connectivity index (χ4v) is 0. The fraction of sp³-hybridized carbons (Fsp3) is 0. The third-order valence-corrected chi connectivity index (χ3v) is 0. The molecule has 0 heterocycles. The van der Waals surface area contributed by atoms with E-state index in [0.29, 0.717) is 0 Å². The summed E-state index contributed by atoms with van der Waals surface area (Å²) in [6.07, 6.45) is 0. The first-order chi connectivity index (χ1) is 20.8. The Bertz CT molecular complexity index is 249. The molecule has 0 spiro atoms. The van der Waals surface area contributed by atoms with Gasteiger partial charge < -0.3 is 184 Å². The van der Waals surface area contributed by atoms with Gasteiger partial charge in [-0.05, 0) is 0 Å². The van der Waals surface area contributed by atoms with Crippen LogP contribution in [0.15, 0.2) is 0 Å². The molecule has 0 aromatic heterocycles. The van der Waals surface area contributed by atoms with Crippen molar-refractivity contribution in [2.75, 3.05) is 0 Å². The molecule has 0 unspecified atom stereocenters. The van der Waals surface area contributed by atoms with Crippen LogP contribution in [0, 0.1) is 0 Å². The minimum absolute atomic E-state index is 0. The van der Waals surface area contributed by atoms with Gasteiger partial charge in [-0.1, -0.05) is 0 Å². The summed E-state index contributed by atoms with van der Waals surface area (Å²) in [6.45, 7) is 0. The molecule has 0 saturated carbocycles. The second kappa shape index (κ2) is 87.4. The van der Waals surface area contributed by atoms with Crippen LogP contribution < -0.4 is 37.7 Å². The summed E-state index contributed by atoms with van der Waals surface area (Å²) in [4.78, 5) is 0. The Morgan fingerprint density at radius 3 is 0.120 bits per heavy atom. The van der Waals surface area contributed by atoms with Crippen molar-refractivity contribution in [1.29, 1.82) is 0 Å². The van der Waals surface area contributed by atoms with Gasteiger partial charge in [-0.15, -0.1) is 0 Å².